The molecule has 2 aromatic rings. The van der Waals surface area contributed by atoms with Crippen molar-refractivity contribution in [1.29, 1.82) is 0 Å². The molecule has 0 aromatic carbocycles. The van der Waals surface area contributed by atoms with Gasteiger partial charge in [0, 0.05) is 32.2 Å². The van der Waals surface area contributed by atoms with Crippen LogP contribution in [0.2, 0.25) is 0 Å². The number of amides is 1. The third kappa shape index (κ3) is 4.14. The molecule has 1 amide bonds. The molecule has 4 rings (SSSR count). The summed E-state index contributed by atoms with van der Waals surface area (Å²) < 4.78 is 7.23. The van der Waals surface area contributed by atoms with Gasteiger partial charge in [-0.2, -0.15) is 10.1 Å². The number of allylic oxidation sites excluding steroid dienone is 1. The Morgan fingerprint density at radius 2 is 2.15 bits per heavy atom. The van der Waals surface area contributed by atoms with Crippen LogP contribution in [0.4, 0.5) is 0 Å². The van der Waals surface area contributed by atoms with E-state index < -0.39 is 12.1 Å². The number of aliphatic hydroxyl groups is 1. The minimum Gasteiger partial charge on any atom is -0.388 e. The molecular weight excluding hydrogens is 422 g/mol. The summed E-state index contributed by atoms with van der Waals surface area (Å²) in [6.07, 6.45) is 4.77. The Hall–Kier alpha value is -3.50. The van der Waals surface area contributed by atoms with Gasteiger partial charge in [0.1, 0.15) is 11.5 Å². The Balaban J connectivity index is 1.80. The predicted octanol–water partition coefficient (Wildman–Crippen LogP) is 1.35. The van der Waals surface area contributed by atoms with Crippen LogP contribution in [0.1, 0.15) is 37.9 Å². The molecule has 0 saturated carbocycles. The van der Waals surface area contributed by atoms with Gasteiger partial charge < -0.3 is 20.5 Å². The fraction of sp³-hybridized carbons (Fsp3) is 0.391. The maximum Gasteiger partial charge on any atom is 0.251 e. The zero-order chi connectivity index (χ0) is 23.7. The average molecular weight is 452 g/mol. The highest BCUT2D eigenvalue weighted by Gasteiger charge is 2.30. The van der Waals surface area contributed by atoms with E-state index in [1.807, 2.05) is 22.7 Å². The van der Waals surface area contributed by atoms with E-state index in [-0.39, 0.29) is 19.1 Å². The SMILES string of the molecule is C=NN1C(NC)=CC(c2ccc(C(C)C)c3nccn23)=N/C1=C(/C)C(=O)N[C@H]1COC[C@H]1O. The lowest BCUT2D eigenvalue weighted by Crippen LogP contribution is -2.43. The summed E-state index contributed by atoms with van der Waals surface area (Å²) in [5, 5.41) is 21.5. The molecule has 0 spiro atoms. The van der Waals surface area contributed by atoms with Gasteiger partial charge in [-0.3, -0.25) is 9.20 Å². The van der Waals surface area contributed by atoms with Crippen LogP contribution in [0.3, 0.4) is 0 Å². The van der Waals surface area contributed by atoms with Gasteiger partial charge in [0.25, 0.3) is 5.91 Å². The molecule has 2 aromatic heterocycles. The van der Waals surface area contributed by atoms with Crippen molar-refractivity contribution in [2.45, 2.75) is 38.8 Å². The summed E-state index contributed by atoms with van der Waals surface area (Å²) in [4.78, 5) is 22.3. The van der Waals surface area contributed by atoms with Crippen LogP contribution in [0, 0.1) is 0 Å². The third-order valence-electron chi connectivity index (χ3n) is 5.83. The molecular formula is C23H29N7O3. The fourth-order valence-electron chi connectivity index (χ4n) is 3.95. The average Bonchev–Trinajstić information content (AvgIpc) is 3.46. The summed E-state index contributed by atoms with van der Waals surface area (Å²) in [7, 11) is 1.76. The molecule has 0 unspecified atom stereocenters. The van der Waals surface area contributed by atoms with Crippen molar-refractivity contribution in [2.75, 3.05) is 20.3 Å². The van der Waals surface area contributed by atoms with Crippen LogP contribution in [0.5, 0.6) is 0 Å². The number of hydrogen-bond donors (Lipinski definition) is 3. The zero-order valence-corrected chi connectivity index (χ0v) is 19.2. The summed E-state index contributed by atoms with van der Waals surface area (Å²) >= 11 is 0. The normalized spacial score (nSPS) is 22.3. The topological polar surface area (TPSA) is 116 Å². The molecule has 2 atom stereocenters. The zero-order valence-electron chi connectivity index (χ0n) is 19.2. The summed E-state index contributed by atoms with van der Waals surface area (Å²) in [5.41, 5.74) is 3.80. The minimum atomic E-state index is -0.743. The smallest absolute Gasteiger partial charge is 0.251 e. The molecule has 33 heavy (non-hydrogen) atoms. The molecule has 10 heteroatoms. The maximum absolute atomic E-state index is 13.0. The highest BCUT2D eigenvalue weighted by Crippen LogP contribution is 2.26. The second-order valence-corrected chi connectivity index (χ2v) is 8.31. The number of carbonyl (C=O) groups is 1. The Morgan fingerprint density at radius 3 is 2.79 bits per heavy atom. The molecule has 1 saturated heterocycles. The van der Waals surface area contributed by atoms with Gasteiger partial charge >= 0.3 is 0 Å². The van der Waals surface area contributed by atoms with E-state index in [1.54, 1.807) is 20.2 Å². The summed E-state index contributed by atoms with van der Waals surface area (Å²) in [6, 6.07) is 3.59. The number of aliphatic hydroxyl groups excluding tert-OH is 1. The van der Waals surface area contributed by atoms with E-state index in [4.69, 9.17) is 9.73 Å². The number of aliphatic imine (C=N–C) groups is 1. The maximum atomic E-state index is 13.0. The van der Waals surface area contributed by atoms with Gasteiger partial charge in [-0.25, -0.2) is 9.98 Å². The van der Waals surface area contributed by atoms with E-state index in [0.717, 1.165) is 16.9 Å². The van der Waals surface area contributed by atoms with Gasteiger partial charge in [-0.15, -0.1) is 0 Å². The molecule has 2 aliphatic rings. The first-order chi connectivity index (χ1) is 15.8. The van der Waals surface area contributed by atoms with Gasteiger partial charge in [0.05, 0.1) is 42.3 Å². The molecule has 3 N–H and O–H groups in total. The van der Waals surface area contributed by atoms with Gasteiger partial charge in [-0.05, 0) is 24.5 Å². The Labute approximate surface area is 192 Å². The third-order valence-corrected chi connectivity index (χ3v) is 5.83. The standard InChI is InChI=1S/C23H29N7O3/c1-13(2)15-6-7-18(29-9-8-26-22(15)29)16-10-20(24-4)30(25-5)21(27-16)14(3)23(32)28-17-11-33-12-19(17)31/h6-10,13,17,19,24,31H,5,11-12H2,1-4H3,(H,28,32)/b21-14+/t17-,19+/m0/s1. The molecule has 0 bridgehead atoms. The van der Waals surface area contributed by atoms with E-state index >= 15 is 0 Å². The largest absolute Gasteiger partial charge is 0.388 e. The van der Waals surface area contributed by atoms with E-state index in [0.29, 0.717) is 28.8 Å². The fourth-order valence-corrected chi connectivity index (χ4v) is 3.95. The molecule has 10 nitrogen and oxygen atoms in total. The lowest BCUT2D eigenvalue weighted by molar-refractivity contribution is -0.118. The van der Waals surface area contributed by atoms with Crippen molar-refractivity contribution in [3.8, 4) is 0 Å². The number of rotatable bonds is 6. The monoisotopic (exact) mass is 451 g/mol. The highest BCUT2D eigenvalue weighted by molar-refractivity contribution is 6.10. The van der Waals surface area contributed by atoms with Gasteiger partial charge in [-0.1, -0.05) is 19.9 Å². The number of aromatic nitrogens is 2. The van der Waals surface area contributed by atoms with Crippen LogP contribution >= 0.6 is 0 Å². The Morgan fingerprint density at radius 1 is 1.36 bits per heavy atom. The molecule has 174 valence electrons. The molecule has 0 aliphatic carbocycles. The van der Waals surface area contributed by atoms with Crippen LogP contribution < -0.4 is 10.6 Å². The van der Waals surface area contributed by atoms with Gasteiger partial charge in [0.2, 0.25) is 0 Å². The number of ether oxygens (including phenoxy) is 1. The molecule has 4 heterocycles. The summed E-state index contributed by atoms with van der Waals surface area (Å²) in [5.74, 6) is 0.899. The van der Waals surface area contributed by atoms with Crippen molar-refractivity contribution in [3.63, 3.8) is 0 Å². The van der Waals surface area contributed by atoms with Crippen LogP contribution in [0.15, 0.2) is 57.9 Å². The second-order valence-electron chi connectivity index (χ2n) is 8.31. The molecule has 0 radical (unpaired) electrons. The van der Waals surface area contributed by atoms with Crippen LogP contribution in [0.25, 0.3) is 5.65 Å². The number of pyridine rings is 1. The minimum absolute atomic E-state index is 0.198. The number of imidazole rings is 1. The first kappa shape index (κ1) is 22.7. The van der Waals surface area contributed by atoms with Crippen LogP contribution in [-0.2, 0) is 9.53 Å². The first-order valence-corrected chi connectivity index (χ1v) is 10.8. The second kappa shape index (κ2) is 9.16. The molecule has 1 fully saturated rings. The summed E-state index contributed by atoms with van der Waals surface area (Å²) in [6.45, 7) is 10.0. The highest BCUT2D eigenvalue weighted by atomic mass is 16.5. The quantitative estimate of drug-likeness (QED) is 0.451. The van der Waals surface area contributed by atoms with Crippen LogP contribution in [-0.4, -0.2) is 70.2 Å². The first-order valence-electron chi connectivity index (χ1n) is 10.8. The lowest BCUT2D eigenvalue weighted by atomic mass is 10.0. The number of nitrogens with one attached hydrogen (secondary N) is 2. The van der Waals surface area contributed by atoms with Crippen molar-refractivity contribution in [1.82, 2.24) is 25.0 Å². The number of hydrazone groups is 1. The van der Waals surface area contributed by atoms with Crippen molar-refractivity contribution in [2.24, 2.45) is 10.1 Å². The van der Waals surface area contributed by atoms with Crippen molar-refractivity contribution in [3.05, 3.63) is 59.1 Å². The Bertz CT molecular complexity index is 1180. The van der Waals surface area contributed by atoms with E-state index in [1.165, 1.54) is 5.01 Å². The Kier molecular flexibility index (Phi) is 6.30. The lowest BCUT2D eigenvalue weighted by Gasteiger charge is -2.28. The van der Waals surface area contributed by atoms with Gasteiger partial charge in [0.15, 0.2) is 5.82 Å². The predicted molar refractivity (Wildman–Crippen MR) is 126 cm³/mol. The number of nitrogens with zero attached hydrogens (tertiary/aromatic N) is 5. The van der Waals surface area contributed by atoms with Crippen molar-refractivity contribution < 1.29 is 14.6 Å². The number of carbonyl (C=O) groups excluding carboxylic acids is 1. The van der Waals surface area contributed by atoms with Crippen molar-refractivity contribution >= 4 is 24.0 Å². The van der Waals surface area contributed by atoms with E-state index in [9.17, 15) is 9.90 Å². The number of hydrogen-bond acceptors (Lipinski definition) is 8. The number of fused-ring (bicyclic) bond motifs is 1. The van der Waals surface area contributed by atoms with E-state index in [2.05, 4.69) is 47.4 Å². The molecule has 2 aliphatic heterocycles.